The van der Waals surface area contributed by atoms with Crippen molar-refractivity contribution in [1.29, 1.82) is 0 Å². The van der Waals surface area contributed by atoms with Crippen molar-refractivity contribution in [2.24, 2.45) is 5.41 Å². The second-order valence-electron chi connectivity index (χ2n) is 8.39. The molecule has 0 aliphatic carbocycles. The van der Waals surface area contributed by atoms with Gasteiger partial charge in [-0.2, -0.15) is 9.97 Å². The van der Waals surface area contributed by atoms with E-state index in [1.165, 1.54) is 5.56 Å². The summed E-state index contributed by atoms with van der Waals surface area (Å²) in [4.78, 5) is 13.3. The van der Waals surface area contributed by atoms with Crippen molar-refractivity contribution in [3.8, 4) is 0 Å². The van der Waals surface area contributed by atoms with E-state index in [2.05, 4.69) is 67.9 Å². The van der Waals surface area contributed by atoms with Gasteiger partial charge >= 0.3 is 0 Å². The lowest BCUT2D eigenvalue weighted by Gasteiger charge is -2.33. The summed E-state index contributed by atoms with van der Waals surface area (Å²) in [5.41, 5.74) is 9.00. The molecule has 0 unspecified atom stereocenters. The lowest BCUT2D eigenvalue weighted by atomic mass is 9.82. The molecule has 0 aliphatic heterocycles. The highest BCUT2D eigenvalue weighted by Gasteiger charge is 2.27. The van der Waals surface area contributed by atoms with Crippen LogP contribution in [-0.4, -0.2) is 24.9 Å². The Bertz CT molecular complexity index is 901. The van der Waals surface area contributed by atoms with Gasteiger partial charge < -0.3 is 11.1 Å². The molecule has 3 aromatic rings. The second-order valence-corrected chi connectivity index (χ2v) is 8.39. The standard InChI is InChI=1S/C18H26N6/c1-11-7-8-12-13(9-11)24-15(20-12)21-14(19)22-16(24)23-18(5,6)10-17(2,3)4/h7-9H,10H2,1-6H3,(H3,19,20,21,22,23). The van der Waals surface area contributed by atoms with Crippen molar-refractivity contribution in [1.82, 2.24) is 19.4 Å². The second kappa shape index (κ2) is 5.33. The van der Waals surface area contributed by atoms with Crippen LogP contribution in [0.1, 0.15) is 46.6 Å². The van der Waals surface area contributed by atoms with Crippen molar-refractivity contribution in [2.75, 3.05) is 11.1 Å². The number of imidazole rings is 1. The van der Waals surface area contributed by atoms with Crippen LogP contribution in [0.2, 0.25) is 0 Å². The molecule has 0 aliphatic rings. The molecule has 0 saturated carbocycles. The van der Waals surface area contributed by atoms with Crippen molar-refractivity contribution >= 4 is 28.7 Å². The largest absolute Gasteiger partial charge is 0.368 e. The van der Waals surface area contributed by atoms with E-state index < -0.39 is 0 Å². The molecule has 0 spiro atoms. The van der Waals surface area contributed by atoms with E-state index in [1.54, 1.807) is 0 Å². The van der Waals surface area contributed by atoms with Crippen molar-refractivity contribution in [2.45, 2.75) is 53.5 Å². The fraction of sp³-hybridized carbons (Fsp3) is 0.500. The van der Waals surface area contributed by atoms with Gasteiger partial charge in [-0.15, -0.1) is 0 Å². The Morgan fingerprint density at radius 1 is 1.08 bits per heavy atom. The average Bonchev–Trinajstić information content (AvgIpc) is 2.72. The molecule has 0 fully saturated rings. The molecule has 0 bridgehead atoms. The number of hydrogen-bond donors (Lipinski definition) is 2. The molecule has 0 radical (unpaired) electrons. The van der Waals surface area contributed by atoms with Crippen LogP contribution >= 0.6 is 0 Å². The van der Waals surface area contributed by atoms with Crippen LogP contribution in [0.5, 0.6) is 0 Å². The Balaban J connectivity index is 2.16. The normalized spacial score (nSPS) is 12.9. The minimum Gasteiger partial charge on any atom is -0.368 e. The van der Waals surface area contributed by atoms with E-state index in [4.69, 9.17) is 5.73 Å². The fourth-order valence-electron chi connectivity index (χ4n) is 3.50. The zero-order chi connectivity index (χ0) is 17.7. The molecule has 1 aromatic carbocycles. The molecule has 6 heteroatoms. The third-order valence-corrected chi connectivity index (χ3v) is 3.86. The SMILES string of the molecule is Cc1ccc2nc3nc(N)nc(NC(C)(C)CC(C)(C)C)n3c2c1. The maximum atomic E-state index is 5.91. The summed E-state index contributed by atoms with van der Waals surface area (Å²) in [5, 5.41) is 3.55. The van der Waals surface area contributed by atoms with Gasteiger partial charge in [-0.3, -0.25) is 0 Å². The first-order chi connectivity index (χ1) is 11.0. The first kappa shape index (κ1) is 16.5. The predicted molar refractivity (Wildman–Crippen MR) is 99.2 cm³/mol. The van der Waals surface area contributed by atoms with Crippen LogP contribution in [-0.2, 0) is 0 Å². The number of nitrogens with zero attached hydrogens (tertiary/aromatic N) is 4. The Morgan fingerprint density at radius 3 is 2.46 bits per heavy atom. The van der Waals surface area contributed by atoms with E-state index in [-0.39, 0.29) is 16.9 Å². The molecule has 128 valence electrons. The lowest BCUT2D eigenvalue weighted by Crippen LogP contribution is -2.36. The molecule has 6 nitrogen and oxygen atoms in total. The van der Waals surface area contributed by atoms with Crippen molar-refractivity contribution in [3.63, 3.8) is 0 Å². The summed E-state index contributed by atoms with van der Waals surface area (Å²) in [6, 6.07) is 6.14. The van der Waals surface area contributed by atoms with Crippen LogP contribution in [0.15, 0.2) is 18.2 Å². The quantitative estimate of drug-likeness (QED) is 0.765. The molecule has 2 aromatic heterocycles. The third-order valence-electron chi connectivity index (χ3n) is 3.86. The van der Waals surface area contributed by atoms with E-state index >= 15 is 0 Å². The smallest absolute Gasteiger partial charge is 0.241 e. The lowest BCUT2D eigenvalue weighted by molar-refractivity contribution is 0.301. The fourth-order valence-corrected chi connectivity index (χ4v) is 3.50. The molecular weight excluding hydrogens is 300 g/mol. The molecule has 2 heterocycles. The monoisotopic (exact) mass is 326 g/mol. The first-order valence-electron chi connectivity index (χ1n) is 8.25. The van der Waals surface area contributed by atoms with Crippen molar-refractivity contribution in [3.05, 3.63) is 23.8 Å². The highest BCUT2D eigenvalue weighted by Crippen LogP contribution is 2.30. The number of fused-ring (bicyclic) bond motifs is 3. The summed E-state index contributed by atoms with van der Waals surface area (Å²) in [6.45, 7) is 13.1. The molecule has 0 atom stereocenters. The average molecular weight is 326 g/mol. The summed E-state index contributed by atoms with van der Waals surface area (Å²) >= 11 is 0. The number of aromatic nitrogens is 4. The van der Waals surface area contributed by atoms with Gasteiger partial charge in [0.1, 0.15) is 0 Å². The van der Waals surface area contributed by atoms with Crippen LogP contribution in [0.3, 0.4) is 0 Å². The summed E-state index contributed by atoms with van der Waals surface area (Å²) in [5.74, 6) is 1.47. The number of aryl methyl sites for hydroxylation is 1. The van der Waals surface area contributed by atoms with Crippen LogP contribution < -0.4 is 11.1 Å². The van der Waals surface area contributed by atoms with Gasteiger partial charge in [-0.05, 0) is 50.3 Å². The van der Waals surface area contributed by atoms with Crippen molar-refractivity contribution < 1.29 is 0 Å². The molecule has 3 N–H and O–H groups in total. The molecule has 0 amide bonds. The van der Waals surface area contributed by atoms with E-state index in [9.17, 15) is 0 Å². The summed E-state index contributed by atoms with van der Waals surface area (Å²) < 4.78 is 1.95. The zero-order valence-electron chi connectivity index (χ0n) is 15.3. The minimum atomic E-state index is -0.146. The Morgan fingerprint density at radius 2 is 1.79 bits per heavy atom. The van der Waals surface area contributed by atoms with E-state index in [0.29, 0.717) is 11.7 Å². The maximum Gasteiger partial charge on any atom is 0.241 e. The number of benzene rings is 1. The number of hydrogen-bond acceptors (Lipinski definition) is 5. The number of rotatable bonds is 3. The Kier molecular flexibility index (Phi) is 3.66. The van der Waals surface area contributed by atoms with Gasteiger partial charge in [0.2, 0.25) is 17.7 Å². The van der Waals surface area contributed by atoms with Crippen LogP contribution in [0.4, 0.5) is 11.9 Å². The topological polar surface area (TPSA) is 81.1 Å². The zero-order valence-corrected chi connectivity index (χ0v) is 15.3. The van der Waals surface area contributed by atoms with Gasteiger partial charge in [-0.25, -0.2) is 9.38 Å². The van der Waals surface area contributed by atoms with Gasteiger partial charge in [0, 0.05) is 5.54 Å². The van der Waals surface area contributed by atoms with E-state index in [1.807, 2.05) is 16.5 Å². The number of nitrogen functional groups attached to an aromatic ring is 1. The van der Waals surface area contributed by atoms with E-state index in [0.717, 1.165) is 17.5 Å². The Hall–Kier alpha value is -2.37. The number of nitrogens with two attached hydrogens (primary N) is 1. The molecular formula is C18H26N6. The Labute approximate surface area is 142 Å². The van der Waals surface area contributed by atoms with Gasteiger partial charge in [0.05, 0.1) is 11.0 Å². The summed E-state index contributed by atoms with van der Waals surface area (Å²) in [7, 11) is 0. The predicted octanol–water partition coefficient (Wildman–Crippen LogP) is 3.79. The minimum absolute atomic E-state index is 0.146. The number of nitrogens with one attached hydrogen (secondary N) is 1. The highest BCUT2D eigenvalue weighted by atomic mass is 15.3. The van der Waals surface area contributed by atoms with Crippen LogP contribution in [0.25, 0.3) is 16.8 Å². The third kappa shape index (κ3) is 3.27. The molecule has 3 rings (SSSR count). The van der Waals surface area contributed by atoms with Gasteiger partial charge in [0.15, 0.2) is 0 Å². The first-order valence-corrected chi connectivity index (χ1v) is 8.25. The maximum absolute atomic E-state index is 5.91. The van der Waals surface area contributed by atoms with Gasteiger partial charge in [-0.1, -0.05) is 26.8 Å². The molecule has 24 heavy (non-hydrogen) atoms. The summed E-state index contributed by atoms with van der Waals surface area (Å²) in [6.07, 6.45) is 0.983. The highest BCUT2D eigenvalue weighted by molar-refractivity contribution is 5.82. The molecule has 0 saturated heterocycles. The number of anilines is 2. The van der Waals surface area contributed by atoms with Gasteiger partial charge in [0.25, 0.3) is 0 Å². The van der Waals surface area contributed by atoms with Crippen LogP contribution in [0, 0.1) is 12.3 Å².